The zero-order chi connectivity index (χ0) is 28.0. The van der Waals surface area contributed by atoms with Gasteiger partial charge in [0.2, 0.25) is 10.0 Å². The Balaban J connectivity index is 1.29. The van der Waals surface area contributed by atoms with Crippen LogP contribution in [-0.2, 0) is 21.2 Å². The molecule has 1 aliphatic carbocycles. The van der Waals surface area contributed by atoms with Gasteiger partial charge in [0.25, 0.3) is 0 Å². The maximum absolute atomic E-state index is 12.4. The molecule has 9 nitrogen and oxygen atoms in total. The molecule has 1 saturated heterocycles. The molecule has 0 amide bonds. The first kappa shape index (κ1) is 30.2. The van der Waals surface area contributed by atoms with Crippen LogP contribution in [0.25, 0.3) is 0 Å². The maximum Gasteiger partial charge on any atom is 0.214 e. The zero-order valence-electron chi connectivity index (χ0n) is 21.8. The van der Waals surface area contributed by atoms with Crippen molar-refractivity contribution in [3.8, 4) is 5.75 Å². The van der Waals surface area contributed by atoms with Crippen molar-refractivity contribution in [2.24, 2.45) is 0 Å². The number of benzene rings is 2. The summed E-state index contributed by atoms with van der Waals surface area (Å²) in [5.74, 6) is 0.676. The minimum atomic E-state index is -3.26. The van der Waals surface area contributed by atoms with Gasteiger partial charge in [0.05, 0.1) is 18.5 Å². The molecule has 11 heteroatoms. The number of halogens is 1. The van der Waals surface area contributed by atoms with Gasteiger partial charge in [-0.2, -0.15) is 0 Å². The summed E-state index contributed by atoms with van der Waals surface area (Å²) in [6, 6.07) is 12.7. The second-order valence-corrected chi connectivity index (χ2v) is 12.8. The minimum Gasteiger partial charge on any atom is -0.494 e. The summed E-state index contributed by atoms with van der Waals surface area (Å²) in [7, 11) is -3.26. The fraction of sp³-hybridized carbons (Fsp3) is 0.571. The molecule has 2 aromatic carbocycles. The van der Waals surface area contributed by atoms with E-state index in [9.17, 15) is 28.8 Å². The topological polar surface area (TPSA) is 146 Å². The molecule has 0 spiro atoms. The molecule has 2 aromatic rings. The Morgan fingerprint density at radius 3 is 2.38 bits per heavy atom. The lowest BCUT2D eigenvalue weighted by Crippen LogP contribution is -2.55. The lowest BCUT2D eigenvalue weighted by atomic mass is 9.90. The standard InChI is InChI=1S/C28H38ClNO8S/c29-23-12-9-19(28-27(34)26(33)25(32)24(17-31)38-28)16-20(23)15-18-7-10-21(11-8-18)37-14-4-13-30-39(35,36)22-5-2-1-3-6-22/h7-12,16,22,24-28,30-34H,1-6,13-15,17H2/t24-,25+,26+,27-,28-/m1/s1. The van der Waals surface area contributed by atoms with Gasteiger partial charge in [0.1, 0.15) is 36.3 Å². The van der Waals surface area contributed by atoms with Gasteiger partial charge in [0.15, 0.2) is 0 Å². The van der Waals surface area contributed by atoms with Gasteiger partial charge in [-0.05, 0) is 60.6 Å². The summed E-state index contributed by atoms with van der Waals surface area (Å²) in [5, 5.41) is 40.4. The Morgan fingerprint density at radius 1 is 0.974 bits per heavy atom. The Morgan fingerprint density at radius 2 is 1.69 bits per heavy atom. The molecule has 0 bridgehead atoms. The van der Waals surface area contributed by atoms with Crippen LogP contribution < -0.4 is 9.46 Å². The van der Waals surface area contributed by atoms with Crippen molar-refractivity contribution >= 4 is 21.6 Å². The average molecular weight is 584 g/mol. The summed E-state index contributed by atoms with van der Waals surface area (Å²) < 4.78 is 39.0. The summed E-state index contributed by atoms with van der Waals surface area (Å²) in [6.07, 6.45) is -0.567. The first-order chi connectivity index (χ1) is 18.7. The minimum absolute atomic E-state index is 0.272. The van der Waals surface area contributed by atoms with Gasteiger partial charge in [-0.15, -0.1) is 0 Å². The van der Waals surface area contributed by atoms with Gasteiger partial charge < -0.3 is 29.9 Å². The van der Waals surface area contributed by atoms with Gasteiger partial charge in [-0.1, -0.05) is 55.1 Å². The van der Waals surface area contributed by atoms with E-state index < -0.39 is 47.2 Å². The van der Waals surface area contributed by atoms with Crippen LogP contribution >= 0.6 is 11.6 Å². The molecule has 216 valence electrons. The second-order valence-electron chi connectivity index (χ2n) is 10.3. The number of aliphatic hydroxyl groups excluding tert-OH is 4. The quantitative estimate of drug-likeness (QED) is 0.254. The van der Waals surface area contributed by atoms with Crippen LogP contribution in [0.5, 0.6) is 5.75 Å². The number of aliphatic hydroxyl groups is 4. The summed E-state index contributed by atoms with van der Waals surface area (Å²) in [4.78, 5) is 0. The SMILES string of the molecule is O=S(=O)(NCCCOc1ccc(Cc2cc([C@H]3O[C@H](CO)[C@H](O)[C@H](O)[C@H]3O)ccc2Cl)cc1)C1CCCCC1. The van der Waals surface area contributed by atoms with E-state index in [4.69, 9.17) is 21.1 Å². The monoisotopic (exact) mass is 583 g/mol. The van der Waals surface area contributed by atoms with Crippen molar-refractivity contribution in [1.29, 1.82) is 0 Å². The van der Waals surface area contributed by atoms with Gasteiger partial charge in [-0.25, -0.2) is 13.1 Å². The molecule has 2 fully saturated rings. The predicted octanol–water partition coefficient (Wildman–Crippen LogP) is 2.47. The van der Waals surface area contributed by atoms with Crippen LogP contribution in [-0.4, -0.2) is 78.3 Å². The number of hydrogen-bond acceptors (Lipinski definition) is 8. The van der Waals surface area contributed by atoms with E-state index in [0.29, 0.717) is 42.3 Å². The highest BCUT2D eigenvalue weighted by Crippen LogP contribution is 2.34. The smallest absolute Gasteiger partial charge is 0.214 e. The number of nitrogens with one attached hydrogen (secondary N) is 1. The Hall–Kier alpha value is -1.76. The van der Waals surface area contributed by atoms with Crippen molar-refractivity contribution in [2.75, 3.05) is 19.8 Å². The van der Waals surface area contributed by atoms with Gasteiger partial charge in [0, 0.05) is 11.6 Å². The molecule has 1 heterocycles. The summed E-state index contributed by atoms with van der Waals surface area (Å²) in [5.41, 5.74) is 2.32. The fourth-order valence-corrected chi connectivity index (χ4v) is 6.98. The van der Waals surface area contributed by atoms with Crippen molar-refractivity contribution in [3.63, 3.8) is 0 Å². The molecule has 1 saturated carbocycles. The molecule has 39 heavy (non-hydrogen) atoms. The van der Waals surface area contributed by atoms with Gasteiger partial charge in [-0.3, -0.25) is 0 Å². The van der Waals surface area contributed by atoms with Crippen LogP contribution in [0.2, 0.25) is 5.02 Å². The van der Waals surface area contributed by atoms with E-state index in [2.05, 4.69) is 4.72 Å². The highest BCUT2D eigenvalue weighted by Gasteiger charge is 2.44. The fourth-order valence-electron chi connectivity index (χ4n) is 5.18. The third-order valence-electron chi connectivity index (χ3n) is 7.49. The molecule has 1 aliphatic heterocycles. The number of hydrogen-bond donors (Lipinski definition) is 5. The number of sulfonamides is 1. The number of rotatable bonds is 11. The second kappa shape index (κ2) is 13.7. The summed E-state index contributed by atoms with van der Waals surface area (Å²) in [6.45, 7) is 0.242. The van der Waals surface area contributed by atoms with E-state index in [1.165, 1.54) is 0 Å². The highest BCUT2D eigenvalue weighted by atomic mass is 35.5. The first-order valence-corrected chi connectivity index (χ1v) is 15.4. The van der Waals surface area contributed by atoms with Crippen LogP contribution in [0.15, 0.2) is 42.5 Å². The first-order valence-electron chi connectivity index (χ1n) is 13.5. The molecule has 0 radical (unpaired) electrons. The number of ether oxygens (including phenoxy) is 2. The molecule has 0 aromatic heterocycles. The van der Waals surface area contributed by atoms with Crippen LogP contribution in [0, 0.1) is 0 Å². The Kier molecular flexibility index (Phi) is 10.6. The van der Waals surface area contributed by atoms with Crippen molar-refractivity contribution in [3.05, 3.63) is 64.2 Å². The average Bonchev–Trinajstić information content (AvgIpc) is 2.94. The van der Waals surface area contributed by atoms with Crippen LogP contribution in [0.4, 0.5) is 0 Å². The third kappa shape index (κ3) is 7.71. The van der Waals surface area contributed by atoms with Crippen molar-refractivity contribution in [2.45, 2.75) is 80.7 Å². The molecule has 5 N–H and O–H groups in total. The molecule has 4 rings (SSSR count). The zero-order valence-corrected chi connectivity index (χ0v) is 23.4. The summed E-state index contributed by atoms with van der Waals surface area (Å²) >= 11 is 6.43. The lowest BCUT2D eigenvalue weighted by molar-refractivity contribution is -0.231. The molecule has 2 aliphatic rings. The van der Waals surface area contributed by atoms with E-state index >= 15 is 0 Å². The molecular weight excluding hydrogens is 546 g/mol. The predicted molar refractivity (Wildman–Crippen MR) is 147 cm³/mol. The normalized spacial score (nSPS) is 26.4. The largest absolute Gasteiger partial charge is 0.494 e. The Bertz CT molecular complexity index is 1170. The Labute approximate surface area is 234 Å². The highest BCUT2D eigenvalue weighted by molar-refractivity contribution is 7.90. The third-order valence-corrected chi connectivity index (χ3v) is 9.82. The van der Waals surface area contributed by atoms with Crippen LogP contribution in [0.1, 0.15) is 61.3 Å². The molecule has 5 atom stereocenters. The van der Waals surface area contributed by atoms with Crippen molar-refractivity contribution in [1.82, 2.24) is 4.72 Å². The van der Waals surface area contributed by atoms with Crippen LogP contribution in [0.3, 0.4) is 0 Å². The van der Waals surface area contributed by atoms with E-state index in [1.54, 1.807) is 18.2 Å². The van der Waals surface area contributed by atoms with E-state index in [1.807, 2.05) is 24.3 Å². The molecule has 0 unspecified atom stereocenters. The van der Waals surface area contributed by atoms with E-state index in [0.717, 1.165) is 43.2 Å². The van der Waals surface area contributed by atoms with E-state index in [-0.39, 0.29) is 5.25 Å². The van der Waals surface area contributed by atoms with Crippen molar-refractivity contribution < 1.29 is 38.3 Å². The lowest BCUT2D eigenvalue weighted by Gasteiger charge is -2.40. The van der Waals surface area contributed by atoms with Gasteiger partial charge >= 0.3 is 0 Å². The molecular formula is C28H38ClNO8S. The maximum atomic E-state index is 12.4.